The third-order valence-corrected chi connectivity index (χ3v) is 3.52. The lowest BCUT2D eigenvalue weighted by molar-refractivity contribution is 0.743. The van der Waals surface area contributed by atoms with Gasteiger partial charge in [-0.2, -0.15) is 0 Å². The van der Waals surface area contributed by atoms with Gasteiger partial charge in [0.05, 0.1) is 0 Å². The second-order valence-corrected chi connectivity index (χ2v) is 5.07. The van der Waals surface area contributed by atoms with Crippen molar-refractivity contribution in [3.8, 4) is 0 Å². The molecule has 2 aromatic rings. The van der Waals surface area contributed by atoms with Crippen LogP contribution in [-0.4, -0.2) is 29.7 Å². The summed E-state index contributed by atoms with van der Waals surface area (Å²) in [6.45, 7) is 4.13. The van der Waals surface area contributed by atoms with Gasteiger partial charge in [0.25, 0.3) is 0 Å². The van der Waals surface area contributed by atoms with Crippen molar-refractivity contribution in [3.05, 3.63) is 11.6 Å². The van der Waals surface area contributed by atoms with Gasteiger partial charge in [0.15, 0.2) is 11.6 Å². The van der Waals surface area contributed by atoms with Crippen LogP contribution in [0.25, 0.3) is 0 Å². The Bertz CT molecular complexity index is 497. The van der Waals surface area contributed by atoms with Crippen LogP contribution in [0, 0.1) is 0 Å². The molecule has 0 saturated heterocycles. The summed E-state index contributed by atoms with van der Waals surface area (Å²) >= 11 is 1.26. The second kappa shape index (κ2) is 5.91. The zero-order valence-corrected chi connectivity index (χ0v) is 11.9. The quantitative estimate of drug-likeness (QED) is 0.735. The molecule has 19 heavy (non-hydrogen) atoms. The van der Waals surface area contributed by atoms with Gasteiger partial charge in [-0.15, -0.1) is 20.4 Å². The number of hydrogen-bond donors (Lipinski definition) is 2. The first-order valence-electron chi connectivity index (χ1n) is 6.23. The summed E-state index contributed by atoms with van der Waals surface area (Å²) < 4.78 is 2.95. The van der Waals surface area contributed by atoms with E-state index in [4.69, 9.17) is 11.7 Å². The van der Waals surface area contributed by atoms with Crippen molar-refractivity contribution >= 4 is 11.8 Å². The van der Waals surface area contributed by atoms with Crippen LogP contribution in [0.2, 0.25) is 0 Å². The van der Waals surface area contributed by atoms with Gasteiger partial charge in [-0.1, -0.05) is 13.8 Å². The molecule has 0 saturated carbocycles. The van der Waals surface area contributed by atoms with Crippen LogP contribution >= 0.6 is 11.8 Å². The van der Waals surface area contributed by atoms with Gasteiger partial charge in [0.2, 0.25) is 10.3 Å². The topological polar surface area (TPSA) is 113 Å². The molecule has 0 aliphatic carbocycles. The molecular weight excluding hydrogens is 264 g/mol. The first-order chi connectivity index (χ1) is 9.17. The highest BCUT2D eigenvalue weighted by molar-refractivity contribution is 7.99. The predicted octanol–water partition coefficient (Wildman–Crippen LogP) is 0.353. The van der Waals surface area contributed by atoms with Gasteiger partial charge < -0.3 is 11.7 Å². The average molecular weight is 282 g/mol. The van der Waals surface area contributed by atoms with Crippen molar-refractivity contribution in [2.75, 3.05) is 11.7 Å². The molecule has 104 valence electrons. The molecule has 9 heteroatoms. The third kappa shape index (κ3) is 2.80. The van der Waals surface area contributed by atoms with Gasteiger partial charge in [-0.25, -0.2) is 9.35 Å². The van der Waals surface area contributed by atoms with E-state index < -0.39 is 0 Å². The highest BCUT2D eigenvalue weighted by Crippen LogP contribution is 2.23. The molecule has 0 aromatic carbocycles. The molecule has 0 amide bonds. The molecule has 0 bridgehead atoms. The summed E-state index contributed by atoms with van der Waals surface area (Å²) in [5.41, 5.74) is 0. The van der Waals surface area contributed by atoms with Crippen molar-refractivity contribution in [3.63, 3.8) is 0 Å². The Kier molecular flexibility index (Phi) is 4.25. The molecule has 8 nitrogen and oxygen atoms in total. The molecule has 2 rings (SSSR count). The van der Waals surface area contributed by atoms with Crippen molar-refractivity contribution in [1.82, 2.24) is 29.7 Å². The maximum absolute atomic E-state index is 5.93. The number of hydrogen-bond acceptors (Lipinski definition) is 7. The van der Waals surface area contributed by atoms with Crippen LogP contribution in [-0.2, 0) is 12.8 Å². The van der Waals surface area contributed by atoms with Crippen LogP contribution in [0.4, 0.5) is 0 Å². The first-order valence-corrected chi connectivity index (χ1v) is 7.05. The minimum absolute atomic E-state index is 0.561. The molecule has 0 aliphatic rings. The molecule has 0 spiro atoms. The normalized spacial score (nSPS) is 11.1. The fraction of sp³-hybridized carbons (Fsp3) is 0.600. The Balaban J connectivity index is 2.17. The van der Waals surface area contributed by atoms with E-state index in [2.05, 4.69) is 34.2 Å². The molecule has 0 fully saturated rings. The largest absolute Gasteiger partial charge is 0.336 e. The molecule has 2 heterocycles. The summed E-state index contributed by atoms with van der Waals surface area (Å²) in [7, 11) is 0. The van der Waals surface area contributed by atoms with Crippen LogP contribution in [0.3, 0.4) is 0 Å². The lowest BCUT2D eigenvalue weighted by Gasteiger charge is -2.03. The second-order valence-electron chi connectivity index (χ2n) is 4.14. The summed E-state index contributed by atoms with van der Waals surface area (Å²) in [6, 6.07) is 0. The zero-order valence-electron chi connectivity index (χ0n) is 11.1. The van der Waals surface area contributed by atoms with E-state index in [0.717, 1.165) is 37.3 Å². The third-order valence-electron chi connectivity index (χ3n) is 2.60. The molecule has 4 N–H and O–H groups in total. The summed E-state index contributed by atoms with van der Waals surface area (Å²) in [5.74, 6) is 13.4. The van der Waals surface area contributed by atoms with Crippen molar-refractivity contribution in [2.24, 2.45) is 0 Å². The highest BCUT2D eigenvalue weighted by atomic mass is 32.2. The SMILES string of the molecule is CCCc1nnc(Sc2nnc(CCC)n2N)n1N. The average Bonchev–Trinajstić information content (AvgIpc) is 2.90. The highest BCUT2D eigenvalue weighted by Gasteiger charge is 2.15. The predicted molar refractivity (Wildman–Crippen MR) is 72.5 cm³/mol. The Hall–Kier alpha value is -1.77. The van der Waals surface area contributed by atoms with E-state index in [1.807, 2.05) is 0 Å². The summed E-state index contributed by atoms with van der Waals surface area (Å²) in [6.07, 6.45) is 3.52. The van der Waals surface area contributed by atoms with E-state index in [-0.39, 0.29) is 0 Å². The smallest absolute Gasteiger partial charge is 0.217 e. The van der Waals surface area contributed by atoms with E-state index in [1.165, 1.54) is 21.1 Å². The zero-order chi connectivity index (χ0) is 13.8. The van der Waals surface area contributed by atoms with Gasteiger partial charge in [-0.3, -0.25) is 0 Å². The standard InChI is InChI=1S/C10H18N8S/c1-3-5-7-13-15-9(17(7)11)19-10-16-14-8(6-4-2)18(10)12/h3-6,11-12H2,1-2H3. The maximum atomic E-state index is 5.93. The number of nitrogens with zero attached hydrogens (tertiary/aromatic N) is 6. The van der Waals surface area contributed by atoms with Crippen molar-refractivity contribution in [2.45, 2.75) is 49.8 Å². The van der Waals surface area contributed by atoms with Gasteiger partial charge in [0.1, 0.15) is 0 Å². The van der Waals surface area contributed by atoms with Gasteiger partial charge in [-0.05, 0) is 24.6 Å². The number of nitrogen functional groups attached to an aromatic ring is 2. The van der Waals surface area contributed by atoms with Crippen molar-refractivity contribution in [1.29, 1.82) is 0 Å². The van der Waals surface area contributed by atoms with E-state index in [1.54, 1.807) is 0 Å². The molecular formula is C10H18N8S. The number of nitrogens with two attached hydrogens (primary N) is 2. The summed E-state index contributed by atoms with van der Waals surface area (Å²) in [5, 5.41) is 17.3. The van der Waals surface area contributed by atoms with E-state index >= 15 is 0 Å². The molecule has 0 atom stereocenters. The van der Waals surface area contributed by atoms with E-state index in [0.29, 0.717) is 10.3 Å². The molecule has 2 aromatic heterocycles. The lowest BCUT2D eigenvalue weighted by Crippen LogP contribution is -2.16. The summed E-state index contributed by atoms with van der Waals surface area (Å²) in [4.78, 5) is 0. The number of aromatic nitrogens is 6. The Labute approximate surface area is 115 Å². The Morgan fingerprint density at radius 1 is 0.842 bits per heavy atom. The van der Waals surface area contributed by atoms with Gasteiger partial charge in [0, 0.05) is 12.8 Å². The minimum Gasteiger partial charge on any atom is -0.336 e. The molecule has 0 aliphatic heterocycles. The lowest BCUT2D eigenvalue weighted by atomic mass is 10.3. The maximum Gasteiger partial charge on any atom is 0.217 e. The molecule has 0 unspecified atom stereocenters. The van der Waals surface area contributed by atoms with Crippen LogP contribution in [0.15, 0.2) is 10.3 Å². The van der Waals surface area contributed by atoms with Crippen LogP contribution in [0.1, 0.15) is 38.3 Å². The molecule has 0 radical (unpaired) electrons. The Morgan fingerprint density at radius 2 is 1.26 bits per heavy atom. The van der Waals surface area contributed by atoms with Gasteiger partial charge >= 0.3 is 0 Å². The van der Waals surface area contributed by atoms with Crippen LogP contribution < -0.4 is 11.7 Å². The fourth-order valence-corrected chi connectivity index (χ4v) is 2.36. The monoisotopic (exact) mass is 282 g/mol. The Morgan fingerprint density at radius 3 is 1.63 bits per heavy atom. The minimum atomic E-state index is 0.561. The van der Waals surface area contributed by atoms with Crippen molar-refractivity contribution < 1.29 is 0 Å². The fourth-order valence-electron chi connectivity index (χ4n) is 1.62. The first kappa shape index (κ1) is 13.7. The number of rotatable bonds is 6. The number of aryl methyl sites for hydroxylation is 2. The van der Waals surface area contributed by atoms with Crippen LogP contribution in [0.5, 0.6) is 0 Å². The van der Waals surface area contributed by atoms with E-state index in [9.17, 15) is 0 Å².